The van der Waals surface area contributed by atoms with Crippen LogP contribution in [0.25, 0.3) is 0 Å². The molecule has 2 aromatic rings. The van der Waals surface area contributed by atoms with Crippen LogP contribution in [-0.2, 0) is 0 Å². The highest BCUT2D eigenvalue weighted by Crippen LogP contribution is 2.33. The van der Waals surface area contributed by atoms with Gasteiger partial charge in [-0.25, -0.2) is 14.4 Å². The summed E-state index contributed by atoms with van der Waals surface area (Å²) < 4.78 is 28.8. The topological polar surface area (TPSA) is 70.5 Å². The van der Waals surface area contributed by atoms with Crippen LogP contribution in [0.5, 0.6) is 17.5 Å². The molecule has 3 rings (SSSR count). The van der Waals surface area contributed by atoms with E-state index in [1.54, 1.807) is 0 Å². The first-order chi connectivity index (χ1) is 10.6. The van der Waals surface area contributed by atoms with E-state index in [2.05, 4.69) is 9.97 Å². The standard InChI is InChI=1S/C15H13FN2O4/c1-20-14-15(21-2)18-11(6-17-14)10-7-22-12-5-8(16)3-4-9(12)13(10)19/h3-6,10H,7H2,1-2H3. The molecule has 1 unspecified atom stereocenters. The molecule has 0 N–H and O–H groups in total. The number of aromatic nitrogens is 2. The van der Waals surface area contributed by atoms with Crippen LogP contribution in [-0.4, -0.2) is 36.6 Å². The second kappa shape index (κ2) is 5.59. The summed E-state index contributed by atoms with van der Waals surface area (Å²) in [6.07, 6.45) is 1.45. The van der Waals surface area contributed by atoms with Crippen LogP contribution in [0, 0.1) is 5.82 Å². The molecule has 1 aliphatic rings. The van der Waals surface area contributed by atoms with Crippen LogP contribution >= 0.6 is 0 Å². The number of hydrogen-bond donors (Lipinski definition) is 0. The Morgan fingerprint density at radius 2 is 2.05 bits per heavy atom. The lowest BCUT2D eigenvalue weighted by Crippen LogP contribution is -2.27. The number of halogens is 1. The molecule has 1 aromatic carbocycles. The SMILES string of the molecule is COc1ncc(C2COc3cc(F)ccc3C2=O)nc1OC. The maximum atomic E-state index is 13.2. The number of hydrogen-bond acceptors (Lipinski definition) is 6. The summed E-state index contributed by atoms with van der Waals surface area (Å²) in [4.78, 5) is 20.9. The van der Waals surface area contributed by atoms with Crippen molar-refractivity contribution in [2.24, 2.45) is 0 Å². The second-order valence-electron chi connectivity index (χ2n) is 4.68. The van der Waals surface area contributed by atoms with Crippen molar-refractivity contribution in [3.63, 3.8) is 0 Å². The number of Topliss-reactive ketones (excluding diaryl/α,β-unsaturated/α-hetero) is 1. The fourth-order valence-electron chi connectivity index (χ4n) is 2.29. The van der Waals surface area contributed by atoms with Gasteiger partial charge in [0, 0.05) is 6.07 Å². The van der Waals surface area contributed by atoms with Gasteiger partial charge >= 0.3 is 0 Å². The average molecular weight is 304 g/mol. The maximum Gasteiger partial charge on any atom is 0.278 e. The maximum absolute atomic E-state index is 13.2. The van der Waals surface area contributed by atoms with Crippen molar-refractivity contribution in [3.05, 3.63) is 41.5 Å². The van der Waals surface area contributed by atoms with E-state index in [0.717, 1.165) is 0 Å². The Balaban J connectivity index is 1.97. The summed E-state index contributed by atoms with van der Waals surface area (Å²) in [5.74, 6) is -0.589. The lowest BCUT2D eigenvalue weighted by Gasteiger charge is -2.23. The lowest BCUT2D eigenvalue weighted by molar-refractivity contribution is 0.0892. The van der Waals surface area contributed by atoms with Crippen LogP contribution in [0.15, 0.2) is 24.4 Å². The van der Waals surface area contributed by atoms with E-state index in [4.69, 9.17) is 14.2 Å². The quantitative estimate of drug-likeness (QED) is 0.863. The molecule has 0 bridgehead atoms. The second-order valence-corrected chi connectivity index (χ2v) is 4.68. The molecule has 0 radical (unpaired) electrons. The highest BCUT2D eigenvalue weighted by Gasteiger charge is 2.32. The predicted octanol–water partition coefficient (Wildman–Crippen LogP) is 1.99. The Hall–Kier alpha value is -2.70. The van der Waals surface area contributed by atoms with Crippen molar-refractivity contribution in [2.45, 2.75) is 5.92 Å². The molecule has 0 spiro atoms. The van der Waals surface area contributed by atoms with Gasteiger partial charge in [0.05, 0.1) is 31.7 Å². The van der Waals surface area contributed by atoms with E-state index >= 15 is 0 Å². The summed E-state index contributed by atoms with van der Waals surface area (Å²) in [6.45, 7) is 0.0689. The number of carbonyl (C=O) groups excluding carboxylic acids is 1. The fraction of sp³-hybridized carbons (Fsp3) is 0.267. The van der Waals surface area contributed by atoms with Crippen LogP contribution in [0.4, 0.5) is 4.39 Å². The molecule has 22 heavy (non-hydrogen) atoms. The van der Waals surface area contributed by atoms with Gasteiger partial charge in [-0.15, -0.1) is 0 Å². The van der Waals surface area contributed by atoms with Crippen LogP contribution in [0.2, 0.25) is 0 Å². The van der Waals surface area contributed by atoms with Gasteiger partial charge in [0.15, 0.2) is 5.78 Å². The van der Waals surface area contributed by atoms with Gasteiger partial charge < -0.3 is 14.2 Å². The third-order valence-electron chi connectivity index (χ3n) is 3.40. The molecule has 0 saturated heterocycles. The summed E-state index contributed by atoms with van der Waals surface area (Å²) >= 11 is 0. The van der Waals surface area contributed by atoms with E-state index in [1.165, 1.54) is 38.6 Å². The highest BCUT2D eigenvalue weighted by atomic mass is 19.1. The van der Waals surface area contributed by atoms with Gasteiger partial charge in [-0.1, -0.05) is 0 Å². The zero-order valence-electron chi connectivity index (χ0n) is 12.0. The number of methoxy groups -OCH3 is 2. The normalized spacial score (nSPS) is 16.7. The Morgan fingerprint density at radius 3 is 2.77 bits per heavy atom. The van der Waals surface area contributed by atoms with Crippen LogP contribution < -0.4 is 14.2 Å². The molecule has 1 aliphatic heterocycles. The zero-order valence-corrected chi connectivity index (χ0v) is 12.0. The first-order valence-electron chi connectivity index (χ1n) is 6.55. The summed E-state index contributed by atoms with van der Waals surface area (Å²) in [5.41, 5.74) is 0.742. The van der Waals surface area contributed by atoms with Crippen molar-refractivity contribution in [3.8, 4) is 17.5 Å². The first-order valence-corrected chi connectivity index (χ1v) is 6.55. The number of rotatable bonds is 3. The molecule has 0 fully saturated rings. The molecule has 0 amide bonds. The Labute approximate surface area is 125 Å². The summed E-state index contributed by atoms with van der Waals surface area (Å²) in [7, 11) is 2.89. The smallest absolute Gasteiger partial charge is 0.278 e. The third kappa shape index (κ3) is 2.34. The van der Waals surface area contributed by atoms with Crippen molar-refractivity contribution >= 4 is 5.78 Å². The molecular weight excluding hydrogens is 291 g/mol. The van der Waals surface area contributed by atoms with E-state index < -0.39 is 11.7 Å². The van der Waals surface area contributed by atoms with E-state index in [-0.39, 0.29) is 29.9 Å². The van der Waals surface area contributed by atoms with Crippen molar-refractivity contribution in [1.82, 2.24) is 9.97 Å². The Morgan fingerprint density at radius 1 is 1.27 bits per heavy atom. The van der Waals surface area contributed by atoms with Gasteiger partial charge in [-0.3, -0.25) is 4.79 Å². The molecule has 7 heteroatoms. The van der Waals surface area contributed by atoms with Gasteiger partial charge in [-0.2, -0.15) is 0 Å². The zero-order chi connectivity index (χ0) is 15.7. The first kappa shape index (κ1) is 14.2. The molecule has 2 heterocycles. The molecule has 1 aromatic heterocycles. The fourth-order valence-corrected chi connectivity index (χ4v) is 2.29. The minimum absolute atomic E-state index is 0.0689. The molecule has 114 valence electrons. The predicted molar refractivity (Wildman–Crippen MR) is 74.1 cm³/mol. The van der Waals surface area contributed by atoms with Crippen molar-refractivity contribution in [2.75, 3.05) is 20.8 Å². The monoisotopic (exact) mass is 304 g/mol. The number of nitrogens with zero attached hydrogens (tertiary/aromatic N) is 2. The lowest BCUT2D eigenvalue weighted by atomic mass is 9.92. The van der Waals surface area contributed by atoms with Gasteiger partial charge in [-0.05, 0) is 12.1 Å². The molecular formula is C15H13FN2O4. The molecule has 1 atom stereocenters. The van der Waals surface area contributed by atoms with Crippen LogP contribution in [0.1, 0.15) is 22.0 Å². The average Bonchev–Trinajstić information content (AvgIpc) is 2.54. The minimum Gasteiger partial charge on any atom is -0.492 e. The van der Waals surface area contributed by atoms with E-state index in [1.807, 2.05) is 0 Å². The third-order valence-corrected chi connectivity index (χ3v) is 3.40. The number of fused-ring (bicyclic) bond motifs is 1. The Kier molecular flexibility index (Phi) is 3.62. The van der Waals surface area contributed by atoms with Crippen LogP contribution in [0.3, 0.4) is 0 Å². The molecule has 0 saturated carbocycles. The number of ketones is 1. The number of carbonyl (C=O) groups is 1. The van der Waals surface area contributed by atoms with E-state index in [0.29, 0.717) is 11.3 Å². The minimum atomic E-state index is -0.620. The number of benzene rings is 1. The summed E-state index contributed by atoms with van der Waals surface area (Å²) in [6, 6.07) is 3.83. The Bertz CT molecular complexity index is 735. The van der Waals surface area contributed by atoms with Crippen molar-refractivity contribution in [1.29, 1.82) is 0 Å². The van der Waals surface area contributed by atoms with Crippen molar-refractivity contribution < 1.29 is 23.4 Å². The van der Waals surface area contributed by atoms with Gasteiger partial charge in [0.25, 0.3) is 11.8 Å². The summed E-state index contributed by atoms with van der Waals surface area (Å²) in [5, 5.41) is 0. The largest absolute Gasteiger partial charge is 0.492 e. The van der Waals surface area contributed by atoms with Gasteiger partial charge in [0.1, 0.15) is 24.1 Å². The highest BCUT2D eigenvalue weighted by molar-refractivity contribution is 6.03. The number of ether oxygens (including phenoxy) is 3. The molecule has 6 nitrogen and oxygen atoms in total. The van der Waals surface area contributed by atoms with Gasteiger partial charge in [0.2, 0.25) is 0 Å². The van der Waals surface area contributed by atoms with E-state index in [9.17, 15) is 9.18 Å². The molecule has 0 aliphatic carbocycles.